The molecule has 0 bridgehead atoms. The number of hydrogen-bond donors (Lipinski definition) is 1. The number of carbonyl (C=O) groups is 2. The van der Waals surface area contributed by atoms with E-state index in [1.807, 2.05) is 54.0 Å². The summed E-state index contributed by atoms with van der Waals surface area (Å²) in [6.45, 7) is 3.71. The highest BCUT2D eigenvalue weighted by Crippen LogP contribution is 2.37. The fraction of sp³-hybridized carbons (Fsp3) is 0.407. The highest BCUT2D eigenvalue weighted by molar-refractivity contribution is 6.03. The van der Waals surface area contributed by atoms with Crippen LogP contribution >= 0.6 is 0 Å². The van der Waals surface area contributed by atoms with E-state index in [2.05, 4.69) is 5.32 Å². The summed E-state index contributed by atoms with van der Waals surface area (Å²) in [5, 5.41) is 3.99. The lowest BCUT2D eigenvalue weighted by atomic mass is 9.93. The number of benzene rings is 2. The first-order valence-corrected chi connectivity index (χ1v) is 12.2. The first-order valence-electron chi connectivity index (χ1n) is 12.2. The molecule has 0 radical (unpaired) electrons. The Kier molecular flexibility index (Phi) is 5.52. The number of fused-ring (bicyclic) bond motifs is 4. The average Bonchev–Trinajstić information content (AvgIpc) is 3.64. The van der Waals surface area contributed by atoms with Crippen LogP contribution in [0.1, 0.15) is 35.8 Å². The van der Waals surface area contributed by atoms with Gasteiger partial charge in [0.1, 0.15) is 17.0 Å². The molecule has 0 spiro atoms. The number of ether oxygens (including phenoxy) is 4. The van der Waals surface area contributed by atoms with Crippen LogP contribution in [0.25, 0.3) is 10.9 Å². The van der Waals surface area contributed by atoms with Crippen LogP contribution in [0, 0.1) is 0 Å². The summed E-state index contributed by atoms with van der Waals surface area (Å²) in [6.07, 6.45) is 1.92. The van der Waals surface area contributed by atoms with Crippen LogP contribution < -0.4 is 19.5 Å². The maximum absolute atomic E-state index is 14.0. The topological polar surface area (TPSA) is 91.3 Å². The molecule has 0 saturated carbocycles. The van der Waals surface area contributed by atoms with Crippen LogP contribution in [-0.2, 0) is 22.6 Å². The summed E-state index contributed by atoms with van der Waals surface area (Å²) in [5.74, 6) is 1.60. The summed E-state index contributed by atoms with van der Waals surface area (Å²) >= 11 is 0. The van der Waals surface area contributed by atoms with Crippen molar-refractivity contribution in [3.63, 3.8) is 0 Å². The lowest BCUT2D eigenvalue weighted by molar-refractivity contribution is -0.133. The van der Waals surface area contributed by atoms with Gasteiger partial charge in [-0.15, -0.1) is 0 Å². The number of nitrogens with zero attached hydrogens (tertiary/aromatic N) is 2. The molecular weight excluding hydrogens is 462 g/mol. The van der Waals surface area contributed by atoms with Gasteiger partial charge in [0, 0.05) is 31.1 Å². The van der Waals surface area contributed by atoms with Gasteiger partial charge in [0.25, 0.3) is 5.91 Å². The Balaban J connectivity index is 1.38. The van der Waals surface area contributed by atoms with Gasteiger partial charge >= 0.3 is 0 Å². The monoisotopic (exact) mass is 491 g/mol. The smallest absolute Gasteiger partial charge is 0.271 e. The summed E-state index contributed by atoms with van der Waals surface area (Å²) in [4.78, 5) is 29.4. The van der Waals surface area contributed by atoms with E-state index >= 15 is 0 Å². The molecule has 188 valence electrons. The van der Waals surface area contributed by atoms with Gasteiger partial charge < -0.3 is 33.7 Å². The fourth-order valence-electron chi connectivity index (χ4n) is 5.33. The van der Waals surface area contributed by atoms with E-state index in [9.17, 15) is 9.59 Å². The van der Waals surface area contributed by atoms with Crippen molar-refractivity contribution in [2.24, 2.45) is 0 Å². The molecule has 1 aromatic heterocycles. The van der Waals surface area contributed by atoms with Crippen molar-refractivity contribution in [1.29, 1.82) is 0 Å². The SMILES string of the molecule is COc1ccc2cc3n(c2c1)C[C@@](C)(C(=O)NC[C@@H]1CCCO1)N(Cc1ccc2c(c1)OCO2)C3=O. The van der Waals surface area contributed by atoms with E-state index in [4.69, 9.17) is 18.9 Å². The van der Waals surface area contributed by atoms with Crippen molar-refractivity contribution >= 4 is 22.7 Å². The molecule has 36 heavy (non-hydrogen) atoms. The van der Waals surface area contributed by atoms with E-state index in [-0.39, 0.29) is 31.3 Å². The van der Waals surface area contributed by atoms with E-state index < -0.39 is 5.54 Å². The Morgan fingerprint density at radius 2 is 2.03 bits per heavy atom. The molecule has 3 aromatic rings. The van der Waals surface area contributed by atoms with E-state index in [0.29, 0.717) is 42.6 Å². The number of methoxy groups -OCH3 is 1. The number of hydrogen-bond acceptors (Lipinski definition) is 6. The Morgan fingerprint density at radius 3 is 2.83 bits per heavy atom. The minimum Gasteiger partial charge on any atom is -0.497 e. The number of rotatable bonds is 6. The number of nitrogens with one attached hydrogen (secondary N) is 1. The van der Waals surface area contributed by atoms with Crippen LogP contribution in [0.4, 0.5) is 0 Å². The van der Waals surface area contributed by atoms with Gasteiger partial charge in [-0.05, 0) is 55.7 Å². The second-order valence-electron chi connectivity index (χ2n) is 9.74. The highest BCUT2D eigenvalue weighted by atomic mass is 16.7. The molecular formula is C27H29N3O6. The Labute approximate surface area is 208 Å². The second kappa shape index (κ2) is 8.74. The van der Waals surface area contributed by atoms with Gasteiger partial charge in [-0.1, -0.05) is 6.07 Å². The van der Waals surface area contributed by atoms with E-state index in [1.165, 1.54) is 0 Å². The molecule has 1 fully saturated rings. The van der Waals surface area contributed by atoms with Crippen LogP contribution in [0.3, 0.4) is 0 Å². The highest BCUT2D eigenvalue weighted by Gasteiger charge is 2.48. The first-order chi connectivity index (χ1) is 17.5. The van der Waals surface area contributed by atoms with Gasteiger partial charge in [0.05, 0.1) is 25.3 Å². The van der Waals surface area contributed by atoms with Gasteiger partial charge in [0.15, 0.2) is 11.5 Å². The molecule has 3 aliphatic rings. The maximum Gasteiger partial charge on any atom is 0.271 e. The molecule has 1 N–H and O–H groups in total. The summed E-state index contributed by atoms with van der Waals surface area (Å²) in [6, 6.07) is 13.2. The third kappa shape index (κ3) is 3.74. The summed E-state index contributed by atoms with van der Waals surface area (Å²) in [7, 11) is 1.61. The standard InChI is InChI=1S/C27H29N3O6/c1-27(26(32)28-13-20-4-3-9-34-20)15-29-21-12-19(33-2)7-6-18(21)11-22(29)25(31)30(27)14-17-5-8-23-24(10-17)36-16-35-23/h5-8,10-12,20H,3-4,9,13-16H2,1-2H3,(H,28,32)/t20-,27-/m0/s1. The lowest BCUT2D eigenvalue weighted by Crippen LogP contribution is -2.64. The first kappa shape index (κ1) is 22.7. The predicted octanol–water partition coefficient (Wildman–Crippen LogP) is 3.09. The minimum absolute atomic E-state index is 0.00591. The van der Waals surface area contributed by atoms with Crippen molar-refractivity contribution in [2.75, 3.05) is 27.1 Å². The Morgan fingerprint density at radius 1 is 1.17 bits per heavy atom. The van der Waals surface area contributed by atoms with E-state index in [0.717, 1.165) is 29.3 Å². The molecule has 4 heterocycles. The number of amides is 2. The zero-order valence-electron chi connectivity index (χ0n) is 20.4. The predicted molar refractivity (Wildman–Crippen MR) is 131 cm³/mol. The molecule has 3 aliphatic heterocycles. The normalized spacial score (nSPS) is 22.7. The van der Waals surface area contributed by atoms with Gasteiger partial charge in [-0.2, -0.15) is 0 Å². The quantitative estimate of drug-likeness (QED) is 0.570. The number of carbonyl (C=O) groups excluding carboxylic acids is 2. The Hall–Kier alpha value is -3.72. The van der Waals surface area contributed by atoms with Gasteiger partial charge in [0.2, 0.25) is 12.7 Å². The lowest BCUT2D eigenvalue weighted by Gasteiger charge is -2.44. The molecule has 2 amide bonds. The molecule has 2 aromatic carbocycles. The Bertz CT molecular complexity index is 1340. The van der Waals surface area contributed by atoms with Crippen molar-refractivity contribution in [3.8, 4) is 17.2 Å². The molecule has 6 rings (SSSR count). The number of aromatic nitrogens is 1. The molecule has 9 nitrogen and oxygen atoms in total. The fourth-order valence-corrected chi connectivity index (χ4v) is 5.33. The van der Waals surface area contributed by atoms with Crippen molar-refractivity contribution in [2.45, 2.75) is 44.5 Å². The van der Waals surface area contributed by atoms with Crippen molar-refractivity contribution in [1.82, 2.24) is 14.8 Å². The van der Waals surface area contributed by atoms with Gasteiger partial charge in [-0.3, -0.25) is 9.59 Å². The van der Waals surface area contributed by atoms with Crippen LogP contribution in [-0.4, -0.2) is 60.0 Å². The molecule has 2 atom stereocenters. The third-order valence-electron chi connectivity index (χ3n) is 7.42. The summed E-state index contributed by atoms with van der Waals surface area (Å²) in [5.41, 5.74) is 1.13. The van der Waals surface area contributed by atoms with Crippen LogP contribution in [0.5, 0.6) is 17.2 Å². The van der Waals surface area contributed by atoms with Crippen LogP contribution in [0.15, 0.2) is 42.5 Å². The maximum atomic E-state index is 14.0. The zero-order chi connectivity index (χ0) is 24.9. The molecule has 0 aliphatic carbocycles. The second-order valence-corrected chi connectivity index (χ2v) is 9.74. The minimum atomic E-state index is -1.13. The molecule has 9 heteroatoms. The molecule has 1 saturated heterocycles. The average molecular weight is 492 g/mol. The molecule has 0 unspecified atom stereocenters. The largest absolute Gasteiger partial charge is 0.497 e. The summed E-state index contributed by atoms with van der Waals surface area (Å²) < 4.78 is 24.0. The van der Waals surface area contributed by atoms with E-state index in [1.54, 1.807) is 12.0 Å². The van der Waals surface area contributed by atoms with Gasteiger partial charge in [-0.25, -0.2) is 0 Å². The van der Waals surface area contributed by atoms with Crippen molar-refractivity contribution < 1.29 is 28.5 Å². The zero-order valence-corrected chi connectivity index (χ0v) is 20.4. The van der Waals surface area contributed by atoms with Crippen molar-refractivity contribution in [3.05, 3.63) is 53.7 Å². The third-order valence-corrected chi connectivity index (χ3v) is 7.42. The van der Waals surface area contributed by atoms with Crippen LogP contribution in [0.2, 0.25) is 0 Å².